The quantitative estimate of drug-likeness (QED) is 0.872. The van der Waals surface area contributed by atoms with Crippen LogP contribution in [-0.2, 0) is 4.74 Å². The van der Waals surface area contributed by atoms with Crippen LogP contribution >= 0.6 is 0 Å². The predicted molar refractivity (Wildman–Crippen MR) is 86.0 cm³/mol. The molecule has 1 aromatic carbocycles. The van der Waals surface area contributed by atoms with Gasteiger partial charge in [0.05, 0.1) is 12.2 Å². The lowest BCUT2D eigenvalue weighted by atomic mass is 9.92. The maximum atomic E-state index is 6.01. The van der Waals surface area contributed by atoms with E-state index in [0.717, 1.165) is 12.2 Å². The summed E-state index contributed by atoms with van der Waals surface area (Å²) < 4.78 is 11.5. The Balaban J connectivity index is 1.51. The first-order chi connectivity index (χ1) is 10.3. The molecule has 0 radical (unpaired) electrons. The third-order valence-corrected chi connectivity index (χ3v) is 4.79. The third kappa shape index (κ3) is 4.13. The van der Waals surface area contributed by atoms with Gasteiger partial charge >= 0.3 is 0 Å². The molecule has 3 nitrogen and oxygen atoms in total. The first-order valence-corrected chi connectivity index (χ1v) is 8.39. The van der Waals surface area contributed by atoms with Gasteiger partial charge in [-0.15, -0.1) is 0 Å². The van der Waals surface area contributed by atoms with E-state index in [0.29, 0.717) is 18.2 Å². The molecule has 2 aliphatic carbocycles. The van der Waals surface area contributed by atoms with E-state index >= 15 is 0 Å². The van der Waals surface area contributed by atoms with Crippen LogP contribution in [0.25, 0.3) is 0 Å². The number of rotatable bonds is 5. The van der Waals surface area contributed by atoms with Crippen LogP contribution in [0.4, 0.5) is 5.69 Å². The van der Waals surface area contributed by atoms with Crippen LogP contribution in [0.2, 0.25) is 0 Å². The highest BCUT2D eigenvalue weighted by Crippen LogP contribution is 2.27. The SMILES string of the molecule is COC1CCCC(Nc2ccc(OC3CCCC3)cc2)C1. The lowest BCUT2D eigenvalue weighted by molar-refractivity contribution is 0.0669. The fourth-order valence-corrected chi connectivity index (χ4v) is 3.55. The second-order valence-electron chi connectivity index (χ2n) is 6.41. The summed E-state index contributed by atoms with van der Waals surface area (Å²) in [7, 11) is 1.82. The fourth-order valence-electron chi connectivity index (χ4n) is 3.55. The van der Waals surface area contributed by atoms with Gasteiger partial charge in [-0.25, -0.2) is 0 Å². The topological polar surface area (TPSA) is 30.5 Å². The Morgan fingerprint density at radius 1 is 0.905 bits per heavy atom. The molecule has 2 aliphatic rings. The van der Waals surface area contributed by atoms with E-state index < -0.39 is 0 Å². The minimum absolute atomic E-state index is 0.418. The minimum Gasteiger partial charge on any atom is -0.490 e. The highest BCUT2D eigenvalue weighted by Gasteiger charge is 2.21. The molecule has 1 N–H and O–H groups in total. The van der Waals surface area contributed by atoms with Crippen molar-refractivity contribution in [2.45, 2.75) is 69.6 Å². The Labute approximate surface area is 128 Å². The summed E-state index contributed by atoms with van der Waals surface area (Å²) in [5.41, 5.74) is 1.19. The molecule has 1 aromatic rings. The van der Waals surface area contributed by atoms with Gasteiger partial charge in [-0.05, 0) is 75.6 Å². The highest BCUT2D eigenvalue weighted by molar-refractivity contribution is 5.47. The Kier molecular flexibility index (Phi) is 5.02. The summed E-state index contributed by atoms with van der Waals surface area (Å²) in [4.78, 5) is 0. The Morgan fingerprint density at radius 2 is 1.62 bits per heavy atom. The zero-order chi connectivity index (χ0) is 14.5. The molecule has 2 saturated carbocycles. The summed E-state index contributed by atoms with van der Waals surface area (Å²) in [6.45, 7) is 0. The molecule has 0 spiro atoms. The van der Waals surface area contributed by atoms with Gasteiger partial charge in [0, 0.05) is 18.8 Å². The number of ether oxygens (including phenoxy) is 2. The van der Waals surface area contributed by atoms with Crippen molar-refractivity contribution in [3.8, 4) is 5.75 Å². The van der Waals surface area contributed by atoms with Crippen LogP contribution in [0.5, 0.6) is 5.75 Å². The lowest BCUT2D eigenvalue weighted by Gasteiger charge is -2.29. The average Bonchev–Trinajstić information content (AvgIpc) is 3.02. The summed E-state index contributed by atoms with van der Waals surface area (Å²) >= 11 is 0. The standard InChI is InChI=1S/C18H27NO2/c1-20-18-8-4-5-15(13-18)19-14-9-11-17(12-10-14)21-16-6-2-3-7-16/h9-12,15-16,18-19H,2-8,13H2,1H3. The molecule has 0 aliphatic heterocycles. The third-order valence-electron chi connectivity index (χ3n) is 4.79. The first kappa shape index (κ1) is 14.7. The Bertz CT molecular complexity index is 425. The van der Waals surface area contributed by atoms with Crippen LogP contribution in [0.15, 0.2) is 24.3 Å². The molecule has 2 atom stereocenters. The van der Waals surface area contributed by atoms with Crippen molar-refractivity contribution in [1.82, 2.24) is 0 Å². The molecule has 0 aromatic heterocycles. The van der Waals surface area contributed by atoms with Crippen molar-refractivity contribution in [1.29, 1.82) is 0 Å². The summed E-state index contributed by atoms with van der Waals surface area (Å²) in [6.07, 6.45) is 10.7. The van der Waals surface area contributed by atoms with Crippen molar-refractivity contribution in [3.05, 3.63) is 24.3 Å². The van der Waals surface area contributed by atoms with Crippen LogP contribution in [-0.4, -0.2) is 25.4 Å². The normalized spacial score (nSPS) is 26.7. The van der Waals surface area contributed by atoms with Gasteiger partial charge in [0.1, 0.15) is 5.75 Å². The van der Waals surface area contributed by atoms with E-state index in [-0.39, 0.29) is 0 Å². The second-order valence-corrected chi connectivity index (χ2v) is 6.41. The number of benzene rings is 1. The van der Waals surface area contributed by atoms with Gasteiger partial charge in [-0.2, -0.15) is 0 Å². The van der Waals surface area contributed by atoms with Gasteiger partial charge in [0.25, 0.3) is 0 Å². The molecule has 3 rings (SSSR count). The zero-order valence-electron chi connectivity index (χ0n) is 13.0. The van der Waals surface area contributed by atoms with Crippen LogP contribution < -0.4 is 10.1 Å². The molecule has 21 heavy (non-hydrogen) atoms. The van der Waals surface area contributed by atoms with E-state index in [1.807, 2.05) is 7.11 Å². The van der Waals surface area contributed by atoms with Gasteiger partial charge in [0.15, 0.2) is 0 Å². The maximum Gasteiger partial charge on any atom is 0.119 e. The highest BCUT2D eigenvalue weighted by atomic mass is 16.5. The van der Waals surface area contributed by atoms with Crippen LogP contribution in [0.3, 0.4) is 0 Å². The molecule has 0 saturated heterocycles. The van der Waals surface area contributed by atoms with E-state index in [1.165, 1.54) is 50.6 Å². The van der Waals surface area contributed by atoms with Gasteiger partial charge in [-0.3, -0.25) is 0 Å². The van der Waals surface area contributed by atoms with Gasteiger partial charge in [0.2, 0.25) is 0 Å². The fraction of sp³-hybridized carbons (Fsp3) is 0.667. The minimum atomic E-state index is 0.418. The van der Waals surface area contributed by atoms with Crippen molar-refractivity contribution in [3.63, 3.8) is 0 Å². The Morgan fingerprint density at radius 3 is 2.33 bits per heavy atom. The van der Waals surface area contributed by atoms with Crippen molar-refractivity contribution >= 4 is 5.69 Å². The zero-order valence-corrected chi connectivity index (χ0v) is 13.0. The maximum absolute atomic E-state index is 6.01. The molecule has 0 heterocycles. The van der Waals surface area contributed by atoms with Crippen molar-refractivity contribution in [2.75, 3.05) is 12.4 Å². The second kappa shape index (κ2) is 7.17. The van der Waals surface area contributed by atoms with Crippen LogP contribution in [0, 0.1) is 0 Å². The van der Waals surface area contributed by atoms with E-state index in [9.17, 15) is 0 Å². The smallest absolute Gasteiger partial charge is 0.119 e. The van der Waals surface area contributed by atoms with Crippen molar-refractivity contribution in [2.24, 2.45) is 0 Å². The molecular formula is C18H27NO2. The molecule has 3 heteroatoms. The van der Waals surface area contributed by atoms with E-state index in [1.54, 1.807) is 0 Å². The molecule has 0 bridgehead atoms. The molecular weight excluding hydrogens is 262 g/mol. The monoisotopic (exact) mass is 289 g/mol. The number of hydrogen-bond acceptors (Lipinski definition) is 3. The number of anilines is 1. The average molecular weight is 289 g/mol. The van der Waals surface area contributed by atoms with E-state index in [2.05, 4.69) is 29.6 Å². The summed E-state index contributed by atoms with van der Waals surface area (Å²) in [5.74, 6) is 1.01. The number of hydrogen-bond donors (Lipinski definition) is 1. The molecule has 2 fully saturated rings. The number of nitrogens with one attached hydrogen (secondary N) is 1. The molecule has 2 unspecified atom stereocenters. The van der Waals surface area contributed by atoms with Crippen LogP contribution in [0.1, 0.15) is 51.4 Å². The largest absolute Gasteiger partial charge is 0.490 e. The number of methoxy groups -OCH3 is 1. The van der Waals surface area contributed by atoms with Crippen molar-refractivity contribution < 1.29 is 9.47 Å². The molecule has 0 amide bonds. The summed E-state index contributed by atoms with van der Waals surface area (Å²) in [6, 6.07) is 9.00. The lowest BCUT2D eigenvalue weighted by Crippen LogP contribution is -2.30. The predicted octanol–water partition coefficient (Wildman–Crippen LogP) is 4.38. The van der Waals surface area contributed by atoms with E-state index in [4.69, 9.17) is 9.47 Å². The Hall–Kier alpha value is -1.22. The summed E-state index contributed by atoms with van der Waals surface area (Å²) in [5, 5.41) is 3.63. The van der Waals surface area contributed by atoms with Gasteiger partial charge < -0.3 is 14.8 Å². The van der Waals surface area contributed by atoms with Gasteiger partial charge in [-0.1, -0.05) is 0 Å². The molecule has 116 valence electrons. The first-order valence-electron chi connectivity index (χ1n) is 8.39.